The predicted molar refractivity (Wildman–Crippen MR) is 145 cm³/mol. The normalized spacial score (nSPS) is 14.8. The van der Waals surface area contributed by atoms with E-state index in [1.165, 1.54) is 0 Å². The molecule has 3 heteroatoms. The second kappa shape index (κ2) is 8.18. The minimum absolute atomic E-state index is 0.0546. The van der Waals surface area contributed by atoms with Crippen LogP contribution in [0.25, 0.3) is 21.9 Å². The van der Waals surface area contributed by atoms with Crippen molar-refractivity contribution in [1.82, 2.24) is 0 Å². The Morgan fingerprint density at radius 2 is 1.24 bits per heavy atom. The van der Waals surface area contributed by atoms with E-state index >= 15 is 0 Å². The zero-order valence-corrected chi connectivity index (χ0v) is 20.0. The number of furan rings is 1. The molecule has 0 aliphatic carbocycles. The fourth-order valence-electron chi connectivity index (χ4n) is 4.52. The Hall–Kier alpha value is -3.40. The molecular weight excluding hydrogens is 484 g/mol. The summed E-state index contributed by atoms with van der Waals surface area (Å²) in [5.74, 6) is 0. The zero-order chi connectivity index (χ0) is 28.3. The van der Waals surface area contributed by atoms with Crippen LogP contribution in [0.5, 0.6) is 0 Å². The van der Waals surface area contributed by atoms with E-state index in [2.05, 4.69) is 15.9 Å². The van der Waals surface area contributed by atoms with Gasteiger partial charge in [0, 0.05) is 15.2 Å². The molecule has 0 N–H and O–H groups in total. The topological polar surface area (TPSA) is 13.1 Å². The summed E-state index contributed by atoms with van der Waals surface area (Å²) in [6.07, 6.45) is 0. The maximum atomic E-state index is 9.63. The van der Waals surface area contributed by atoms with Gasteiger partial charge in [-0.1, -0.05) is 119 Å². The molecule has 0 spiro atoms. The van der Waals surface area contributed by atoms with Gasteiger partial charge in [-0.25, -0.2) is 0 Å². The maximum Gasteiger partial charge on any atom is 0.179 e. The smallest absolute Gasteiger partial charge is 0.179 e. The fraction of sp³-hybridized carbons (Fsp3) is 0. The van der Waals surface area contributed by atoms with Gasteiger partial charge in [0.15, 0.2) is 8.07 Å². The lowest BCUT2D eigenvalue weighted by atomic mass is 10.1. The molecule has 1 aromatic heterocycles. The average molecular weight is 513 g/mol. The summed E-state index contributed by atoms with van der Waals surface area (Å²) in [5, 5.41) is 3.26. The molecule has 6 rings (SSSR count). The summed E-state index contributed by atoms with van der Waals surface area (Å²) in [5.41, 5.74) is -0.201. The Morgan fingerprint density at radius 1 is 0.606 bits per heavy atom. The highest BCUT2D eigenvalue weighted by molar-refractivity contribution is 9.10. The molecular formula is C30H21BrOSi. The van der Waals surface area contributed by atoms with Crippen LogP contribution in [0.15, 0.2) is 136 Å². The first-order valence-electron chi connectivity index (χ1n) is 14.0. The number of fused-ring (bicyclic) bond motifs is 3. The predicted octanol–water partition coefficient (Wildman–Crippen LogP) is 5.73. The first-order chi connectivity index (χ1) is 19.2. The van der Waals surface area contributed by atoms with Crippen molar-refractivity contribution in [3.8, 4) is 0 Å². The van der Waals surface area contributed by atoms with E-state index in [0.29, 0.717) is 5.19 Å². The summed E-state index contributed by atoms with van der Waals surface area (Å²) < 4.78 is 68.1. The van der Waals surface area contributed by atoms with Crippen molar-refractivity contribution in [3.05, 3.63) is 132 Å². The summed E-state index contributed by atoms with van der Waals surface area (Å²) in [7, 11) is -3.44. The molecule has 1 nitrogen and oxygen atoms in total. The maximum absolute atomic E-state index is 9.63. The summed E-state index contributed by atoms with van der Waals surface area (Å²) in [4.78, 5) is 0. The Kier molecular flexibility index (Phi) is 3.47. The van der Waals surface area contributed by atoms with E-state index in [1.54, 1.807) is 0 Å². The van der Waals surface area contributed by atoms with Crippen LogP contribution in [0.2, 0.25) is 0 Å². The number of halogens is 1. The van der Waals surface area contributed by atoms with Crippen LogP contribution in [-0.4, -0.2) is 8.07 Å². The van der Waals surface area contributed by atoms with Crippen molar-refractivity contribution in [1.29, 1.82) is 0 Å². The van der Waals surface area contributed by atoms with Crippen molar-refractivity contribution in [3.63, 3.8) is 0 Å². The number of rotatable bonds is 4. The Morgan fingerprint density at radius 3 is 1.94 bits per heavy atom. The molecule has 0 amide bonds. The lowest BCUT2D eigenvalue weighted by molar-refractivity contribution is 0.669. The second-order valence-electron chi connectivity index (χ2n) is 7.75. The van der Waals surface area contributed by atoms with Crippen molar-refractivity contribution in [2.45, 2.75) is 0 Å². The molecule has 0 aliphatic heterocycles. The van der Waals surface area contributed by atoms with Crippen LogP contribution in [0.1, 0.15) is 9.60 Å². The van der Waals surface area contributed by atoms with E-state index in [1.807, 2.05) is 84.9 Å². The van der Waals surface area contributed by atoms with Crippen LogP contribution in [0.4, 0.5) is 0 Å². The SMILES string of the molecule is [2H]c1c([2H])c([2H])c2c(oc3c([2H])c([2H])c([Si](c4ccccc4)(c4ccccc4)c4cccc(Br)c4)c([2H])c32)c1[2H]. The zero-order valence-electron chi connectivity index (χ0n) is 24.4. The van der Waals surface area contributed by atoms with E-state index < -0.39 is 20.2 Å². The van der Waals surface area contributed by atoms with Gasteiger partial charge in [0.1, 0.15) is 11.2 Å². The Balaban J connectivity index is 1.91. The highest BCUT2D eigenvalue weighted by atomic mass is 79.9. The van der Waals surface area contributed by atoms with Gasteiger partial charge < -0.3 is 4.42 Å². The fourth-order valence-corrected chi connectivity index (χ4v) is 9.66. The quantitative estimate of drug-likeness (QED) is 0.217. The molecule has 1 heterocycles. The molecule has 158 valence electrons. The monoisotopic (exact) mass is 511 g/mol. The molecule has 0 saturated carbocycles. The van der Waals surface area contributed by atoms with Crippen molar-refractivity contribution in [2.24, 2.45) is 0 Å². The third kappa shape index (κ3) is 3.27. The minimum atomic E-state index is -3.44. The van der Waals surface area contributed by atoms with Gasteiger partial charge in [-0.15, -0.1) is 0 Å². The highest BCUT2D eigenvalue weighted by Crippen LogP contribution is 2.28. The highest BCUT2D eigenvalue weighted by Gasteiger charge is 2.41. The first-order valence-corrected chi connectivity index (χ1v) is 13.3. The molecule has 0 atom stereocenters. The summed E-state index contributed by atoms with van der Waals surface area (Å²) in [6, 6.07) is 25.2. The number of para-hydroxylation sites is 1. The van der Waals surface area contributed by atoms with Crippen molar-refractivity contribution >= 4 is 66.7 Å². The molecule has 0 fully saturated rings. The van der Waals surface area contributed by atoms with Crippen LogP contribution < -0.4 is 20.7 Å². The van der Waals surface area contributed by atoms with Crippen LogP contribution >= 0.6 is 15.9 Å². The van der Waals surface area contributed by atoms with E-state index in [4.69, 9.17) is 11.3 Å². The summed E-state index contributed by atoms with van der Waals surface area (Å²) in [6.45, 7) is 0. The van der Waals surface area contributed by atoms with Crippen molar-refractivity contribution in [2.75, 3.05) is 0 Å². The summed E-state index contributed by atoms with van der Waals surface area (Å²) >= 11 is 3.61. The van der Waals surface area contributed by atoms with Gasteiger partial charge in [-0.2, -0.15) is 0 Å². The Bertz CT molecular complexity index is 1900. The van der Waals surface area contributed by atoms with Crippen LogP contribution in [0.3, 0.4) is 0 Å². The molecule has 5 aromatic carbocycles. The van der Waals surface area contributed by atoms with Crippen LogP contribution in [-0.2, 0) is 0 Å². The largest absolute Gasteiger partial charge is 0.456 e. The molecule has 0 unspecified atom stereocenters. The van der Waals surface area contributed by atoms with Crippen molar-refractivity contribution < 1.29 is 14.0 Å². The van der Waals surface area contributed by atoms with Gasteiger partial charge in [-0.05, 0) is 45.0 Å². The third-order valence-electron chi connectivity index (χ3n) is 5.93. The molecule has 0 radical (unpaired) electrons. The van der Waals surface area contributed by atoms with Gasteiger partial charge in [0.2, 0.25) is 0 Å². The van der Waals surface area contributed by atoms with Gasteiger partial charge in [0.05, 0.1) is 9.60 Å². The van der Waals surface area contributed by atoms with E-state index in [9.17, 15) is 2.74 Å². The van der Waals surface area contributed by atoms with E-state index in [0.717, 1.165) is 20.0 Å². The average Bonchev–Trinajstić information content (AvgIpc) is 3.38. The first kappa shape index (κ1) is 14.0. The number of hydrogen-bond donors (Lipinski definition) is 0. The molecule has 0 saturated heterocycles. The second-order valence-corrected chi connectivity index (χ2v) is 12.4. The molecule has 33 heavy (non-hydrogen) atoms. The van der Waals surface area contributed by atoms with E-state index in [-0.39, 0.29) is 52.2 Å². The standard InChI is InChI=1S/C30H21BrOSi/c31-22-10-9-15-25(20-22)33(23-11-3-1-4-12-23,24-13-5-2-6-14-24)26-18-19-30-28(21-26)27-16-7-8-17-29(27)32-30/h1-21H/i7D,8D,16D,17D,18D,19D,21D. The van der Waals surface area contributed by atoms with Gasteiger partial charge in [0.25, 0.3) is 0 Å². The molecule has 0 aliphatic rings. The van der Waals surface area contributed by atoms with Gasteiger partial charge >= 0.3 is 0 Å². The molecule has 6 aromatic rings. The van der Waals surface area contributed by atoms with Crippen LogP contribution in [0, 0.1) is 0 Å². The minimum Gasteiger partial charge on any atom is -0.456 e. The molecule has 0 bridgehead atoms. The lowest BCUT2D eigenvalue weighted by Crippen LogP contribution is -2.74. The Labute approximate surface area is 212 Å². The number of hydrogen-bond acceptors (Lipinski definition) is 1. The lowest BCUT2D eigenvalue weighted by Gasteiger charge is -2.34. The van der Waals surface area contributed by atoms with Gasteiger partial charge in [-0.3, -0.25) is 0 Å². The number of benzene rings is 5. The third-order valence-corrected chi connectivity index (χ3v) is 11.0.